The molecule has 0 aromatic heterocycles. The van der Waals surface area contributed by atoms with Gasteiger partial charge in [0.2, 0.25) is 0 Å². The summed E-state index contributed by atoms with van der Waals surface area (Å²) in [5.74, 6) is -0.985. The van der Waals surface area contributed by atoms with Crippen LogP contribution < -0.4 is 5.32 Å². The summed E-state index contributed by atoms with van der Waals surface area (Å²) in [5, 5.41) is 4.79. The maximum atomic E-state index is 13.5. The monoisotopic (exact) mass is 503 g/mol. The van der Waals surface area contributed by atoms with E-state index in [-0.39, 0.29) is 11.7 Å². The molecule has 0 radical (unpaired) electrons. The zero-order valence-electron chi connectivity index (χ0n) is 18.4. The van der Waals surface area contributed by atoms with Gasteiger partial charge in [-0.15, -0.1) is 0 Å². The van der Waals surface area contributed by atoms with Crippen LogP contribution in [0.25, 0.3) is 0 Å². The fraction of sp³-hybridized carbons (Fsp3) is 0.308. The van der Waals surface area contributed by atoms with Gasteiger partial charge in [0, 0.05) is 34.3 Å². The number of allylic oxidation sites excluding steroid dienone is 3. The SMILES string of the molecule is CCCOC(=O)C1=C(C)NC2=C(C(=O)C[C@@H](c3ccc(Cl)cc3)C2)[C@H]1c1ccc(Cl)c(Cl)c1. The van der Waals surface area contributed by atoms with Crippen molar-refractivity contribution in [1.82, 2.24) is 5.32 Å². The third-order valence-electron chi connectivity index (χ3n) is 6.10. The number of carbonyl (C=O) groups excluding carboxylic acids is 2. The van der Waals surface area contributed by atoms with Crippen LogP contribution in [0.3, 0.4) is 0 Å². The molecule has 172 valence electrons. The average molecular weight is 505 g/mol. The number of Topliss-reactive ketones (excluding diaryl/α,β-unsaturated/α-hetero) is 1. The quantitative estimate of drug-likeness (QED) is 0.447. The number of hydrogen-bond acceptors (Lipinski definition) is 4. The third kappa shape index (κ3) is 4.84. The Morgan fingerprint density at radius 2 is 1.73 bits per heavy atom. The van der Waals surface area contributed by atoms with E-state index in [1.807, 2.05) is 44.2 Å². The van der Waals surface area contributed by atoms with E-state index in [1.54, 1.807) is 12.1 Å². The first-order valence-corrected chi connectivity index (χ1v) is 12.0. The lowest BCUT2D eigenvalue weighted by Gasteiger charge is -2.36. The molecule has 1 aliphatic heterocycles. The van der Waals surface area contributed by atoms with Crippen molar-refractivity contribution < 1.29 is 14.3 Å². The van der Waals surface area contributed by atoms with Crippen molar-refractivity contribution >= 4 is 46.6 Å². The molecule has 0 bridgehead atoms. The molecule has 0 saturated carbocycles. The van der Waals surface area contributed by atoms with Crippen molar-refractivity contribution in [2.24, 2.45) is 0 Å². The molecule has 33 heavy (non-hydrogen) atoms. The second-order valence-corrected chi connectivity index (χ2v) is 9.63. The van der Waals surface area contributed by atoms with Crippen molar-refractivity contribution in [2.75, 3.05) is 6.61 Å². The molecule has 4 rings (SSSR count). The lowest BCUT2D eigenvalue weighted by atomic mass is 9.72. The highest BCUT2D eigenvalue weighted by atomic mass is 35.5. The molecule has 1 N–H and O–H groups in total. The van der Waals surface area contributed by atoms with Crippen LogP contribution in [0, 0.1) is 0 Å². The maximum absolute atomic E-state index is 13.5. The van der Waals surface area contributed by atoms with Gasteiger partial charge in [-0.2, -0.15) is 0 Å². The number of dihydropyridines is 1. The Bertz CT molecular complexity index is 1170. The number of ketones is 1. The fourth-order valence-corrected chi connectivity index (χ4v) is 5.01. The second kappa shape index (κ2) is 9.92. The number of benzene rings is 2. The van der Waals surface area contributed by atoms with Crippen LogP contribution in [0.2, 0.25) is 15.1 Å². The number of halogens is 3. The highest BCUT2D eigenvalue weighted by Gasteiger charge is 2.41. The summed E-state index contributed by atoms with van der Waals surface area (Å²) in [7, 11) is 0. The van der Waals surface area contributed by atoms with Gasteiger partial charge in [0.25, 0.3) is 0 Å². The largest absolute Gasteiger partial charge is 0.462 e. The predicted octanol–water partition coefficient (Wildman–Crippen LogP) is 6.96. The summed E-state index contributed by atoms with van der Waals surface area (Å²) >= 11 is 18.5. The normalized spacial score (nSPS) is 20.5. The van der Waals surface area contributed by atoms with Gasteiger partial charge in [0.15, 0.2) is 5.78 Å². The molecular weight excluding hydrogens is 481 g/mol. The van der Waals surface area contributed by atoms with E-state index in [9.17, 15) is 9.59 Å². The van der Waals surface area contributed by atoms with Crippen molar-refractivity contribution in [3.05, 3.63) is 91.2 Å². The number of ether oxygens (including phenoxy) is 1. The lowest BCUT2D eigenvalue weighted by molar-refractivity contribution is -0.139. The van der Waals surface area contributed by atoms with E-state index < -0.39 is 11.9 Å². The first-order valence-electron chi connectivity index (χ1n) is 10.9. The number of rotatable bonds is 5. The van der Waals surface area contributed by atoms with Crippen LogP contribution in [-0.2, 0) is 14.3 Å². The molecule has 2 aromatic carbocycles. The van der Waals surface area contributed by atoms with Gasteiger partial charge in [-0.25, -0.2) is 4.79 Å². The topological polar surface area (TPSA) is 55.4 Å². The molecule has 0 amide bonds. The van der Waals surface area contributed by atoms with Gasteiger partial charge in [-0.1, -0.05) is 59.9 Å². The molecule has 2 aliphatic rings. The highest BCUT2D eigenvalue weighted by molar-refractivity contribution is 6.42. The fourth-order valence-electron chi connectivity index (χ4n) is 4.58. The molecular formula is C26H24Cl3NO3. The van der Waals surface area contributed by atoms with Crippen LogP contribution in [0.1, 0.15) is 56.1 Å². The summed E-state index contributed by atoms with van der Waals surface area (Å²) in [5.41, 5.74) is 4.32. The van der Waals surface area contributed by atoms with Crippen molar-refractivity contribution in [2.45, 2.75) is 44.9 Å². The molecule has 0 fully saturated rings. The summed E-state index contributed by atoms with van der Waals surface area (Å²) in [4.78, 5) is 26.6. The van der Waals surface area contributed by atoms with E-state index in [1.165, 1.54) is 0 Å². The standard InChI is InChI=1S/C26H24Cl3NO3/c1-3-10-33-26(32)23-14(2)30-21-12-17(15-4-7-18(27)8-5-15)13-22(31)25(21)24(23)16-6-9-19(28)20(29)11-16/h4-9,11,17,24,30H,3,10,12-13H2,1-2H3/t17-,24-/m0/s1. The number of carbonyl (C=O) groups is 2. The lowest BCUT2D eigenvalue weighted by Crippen LogP contribution is -2.36. The van der Waals surface area contributed by atoms with E-state index in [2.05, 4.69) is 5.32 Å². The molecule has 0 unspecified atom stereocenters. The number of hydrogen-bond donors (Lipinski definition) is 1. The first-order chi connectivity index (χ1) is 15.8. The van der Waals surface area contributed by atoms with Gasteiger partial charge in [0.1, 0.15) is 0 Å². The van der Waals surface area contributed by atoms with Crippen LogP contribution in [-0.4, -0.2) is 18.4 Å². The summed E-state index contributed by atoms with van der Waals surface area (Å²) in [6.45, 7) is 4.09. The predicted molar refractivity (Wildman–Crippen MR) is 132 cm³/mol. The molecule has 0 saturated heterocycles. The van der Waals surface area contributed by atoms with Crippen molar-refractivity contribution in [3.8, 4) is 0 Å². The smallest absolute Gasteiger partial charge is 0.336 e. The van der Waals surface area contributed by atoms with Gasteiger partial charge >= 0.3 is 5.97 Å². The van der Waals surface area contributed by atoms with E-state index in [4.69, 9.17) is 39.5 Å². The van der Waals surface area contributed by atoms with Crippen molar-refractivity contribution in [3.63, 3.8) is 0 Å². The minimum atomic E-state index is -0.570. The number of esters is 1. The van der Waals surface area contributed by atoms with Gasteiger partial charge < -0.3 is 10.1 Å². The molecule has 7 heteroatoms. The Morgan fingerprint density at radius 1 is 1.03 bits per heavy atom. The molecule has 1 heterocycles. The van der Waals surface area contributed by atoms with Gasteiger partial charge in [-0.3, -0.25) is 4.79 Å². The second-order valence-electron chi connectivity index (χ2n) is 8.38. The van der Waals surface area contributed by atoms with E-state index in [0.717, 1.165) is 16.8 Å². The minimum Gasteiger partial charge on any atom is -0.462 e. The molecule has 1 aliphatic carbocycles. The average Bonchev–Trinajstić information content (AvgIpc) is 2.78. The van der Waals surface area contributed by atoms with Gasteiger partial charge in [0.05, 0.1) is 22.2 Å². The third-order valence-corrected chi connectivity index (χ3v) is 7.09. The Hall–Kier alpha value is -2.27. The Labute approximate surface area is 208 Å². The van der Waals surface area contributed by atoms with E-state index >= 15 is 0 Å². The van der Waals surface area contributed by atoms with Crippen LogP contribution in [0.4, 0.5) is 0 Å². The molecule has 0 spiro atoms. The van der Waals surface area contributed by atoms with Crippen LogP contribution >= 0.6 is 34.8 Å². The van der Waals surface area contributed by atoms with Gasteiger partial charge in [-0.05, 0) is 61.1 Å². The van der Waals surface area contributed by atoms with E-state index in [0.29, 0.717) is 57.8 Å². The first kappa shape index (κ1) is 23.9. The Morgan fingerprint density at radius 3 is 2.39 bits per heavy atom. The Balaban J connectivity index is 1.79. The summed E-state index contributed by atoms with van der Waals surface area (Å²) in [6.07, 6.45) is 1.70. The minimum absolute atomic E-state index is 0.00642. The summed E-state index contributed by atoms with van der Waals surface area (Å²) < 4.78 is 5.48. The summed E-state index contributed by atoms with van der Waals surface area (Å²) in [6, 6.07) is 12.8. The van der Waals surface area contributed by atoms with Crippen molar-refractivity contribution in [1.29, 1.82) is 0 Å². The maximum Gasteiger partial charge on any atom is 0.336 e. The molecule has 4 nitrogen and oxygen atoms in total. The van der Waals surface area contributed by atoms with Crippen LogP contribution in [0.5, 0.6) is 0 Å². The molecule has 2 aromatic rings. The zero-order valence-corrected chi connectivity index (χ0v) is 20.7. The van der Waals surface area contributed by atoms with Crippen LogP contribution in [0.15, 0.2) is 65.0 Å². The zero-order chi connectivity index (χ0) is 23.7. The number of nitrogens with one attached hydrogen (secondary N) is 1. The molecule has 2 atom stereocenters. The Kier molecular flexibility index (Phi) is 7.18. The highest BCUT2D eigenvalue weighted by Crippen LogP contribution is 2.46.